The maximum Gasteiger partial charge on any atom is 0.416 e. The molecule has 10 heteroatoms. The fraction of sp³-hybridized carbons (Fsp3) is 0.217. The van der Waals surface area contributed by atoms with E-state index in [2.05, 4.69) is 4.18 Å². The molecule has 0 fully saturated rings. The molecule has 0 amide bonds. The monoisotopic (exact) mass is 484 g/mol. The second-order valence-corrected chi connectivity index (χ2v) is 9.29. The van der Waals surface area contributed by atoms with Crippen molar-refractivity contribution < 1.29 is 39.3 Å². The van der Waals surface area contributed by atoms with Gasteiger partial charge in [-0.15, -0.1) is 0 Å². The Labute approximate surface area is 186 Å². The number of ether oxygens (including phenoxy) is 1. The smallest absolute Gasteiger partial charge is 0.416 e. The summed E-state index contributed by atoms with van der Waals surface area (Å²) < 4.78 is 104. The van der Waals surface area contributed by atoms with Gasteiger partial charge in [0.2, 0.25) is 0 Å². The number of aryl methyl sites for hydroxylation is 1. The van der Waals surface area contributed by atoms with Crippen LogP contribution >= 0.6 is 0 Å². The van der Waals surface area contributed by atoms with Crippen LogP contribution in [0.3, 0.4) is 0 Å². The summed E-state index contributed by atoms with van der Waals surface area (Å²) in [6.07, 6.45) is -5.85. The van der Waals surface area contributed by atoms with Crippen molar-refractivity contribution in [3.05, 3.63) is 82.4 Å². The molecule has 1 aliphatic heterocycles. The molecule has 1 unspecified atom stereocenters. The third kappa shape index (κ3) is 4.32. The Kier molecular flexibility index (Phi) is 5.69. The number of halogens is 5. The van der Waals surface area contributed by atoms with Gasteiger partial charge in [-0.05, 0) is 48.9 Å². The molecule has 0 spiro atoms. The van der Waals surface area contributed by atoms with E-state index in [4.69, 9.17) is 4.74 Å². The van der Waals surface area contributed by atoms with Crippen LogP contribution in [0, 0.1) is 18.6 Å². The van der Waals surface area contributed by atoms with Crippen LogP contribution in [0.25, 0.3) is 11.1 Å². The molecular formula is C23H17F5O4S. The Hall–Kier alpha value is -2.98. The van der Waals surface area contributed by atoms with Gasteiger partial charge < -0.3 is 4.74 Å². The zero-order chi connectivity index (χ0) is 24.1. The van der Waals surface area contributed by atoms with E-state index in [-0.39, 0.29) is 33.8 Å². The van der Waals surface area contributed by atoms with Crippen molar-refractivity contribution in [3.63, 3.8) is 0 Å². The van der Waals surface area contributed by atoms with Crippen molar-refractivity contribution in [2.24, 2.45) is 0 Å². The van der Waals surface area contributed by atoms with Crippen LogP contribution in [0.4, 0.5) is 22.0 Å². The van der Waals surface area contributed by atoms with Gasteiger partial charge in [-0.2, -0.15) is 21.6 Å². The summed E-state index contributed by atoms with van der Waals surface area (Å²) in [6, 6.07) is 8.43. The molecule has 0 radical (unpaired) electrons. The van der Waals surface area contributed by atoms with E-state index in [1.807, 2.05) is 0 Å². The predicted molar refractivity (Wildman–Crippen MR) is 109 cm³/mol. The van der Waals surface area contributed by atoms with E-state index in [1.165, 1.54) is 12.1 Å². The Morgan fingerprint density at radius 3 is 2.39 bits per heavy atom. The lowest BCUT2D eigenvalue weighted by atomic mass is 9.95. The average Bonchev–Trinajstić information content (AvgIpc) is 3.18. The summed E-state index contributed by atoms with van der Waals surface area (Å²) in [5.41, 5.74) is -0.761. The first-order valence-corrected chi connectivity index (χ1v) is 11.1. The fourth-order valence-electron chi connectivity index (χ4n) is 3.84. The van der Waals surface area contributed by atoms with Crippen molar-refractivity contribution in [2.45, 2.75) is 30.5 Å². The zero-order valence-corrected chi connectivity index (χ0v) is 18.2. The highest BCUT2D eigenvalue weighted by Gasteiger charge is 2.37. The molecule has 4 rings (SSSR count). The quantitative estimate of drug-likeness (QED) is 0.338. The van der Waals surface area contributed by atoms with Gasteiger partial charge in [-0.3, -0.25) is 4.18 Å². The first-order chi connectivity index (χ1) is 15.4. The minimum Gasteiger partial charge on any atom is -0.484 e. The minimum absolute atomic E-state index is 0.0697. The van der Waals surface area contributed by atoms with E-state index >= 15 is 0 Å². The molecule has 4 nitrogen and oxygen atoms in total. The predicted octanol–water partition coefficient (Wildman–Crippen LogP) is 5.97. The topological polar surface area (TPSA) is 52.6 Å². The average molecular weight is 484 g/mol. The van der Waals surface area contributed by atoms with Crippen molar-refractivity contribution in [2.75, 3.05) is 7.11 Å². The zero-order valence-electron chi connectivity index (χ0n) is 17.3. The molecule has 3 aromatic rings. The van der Waals surface area contributed by atoms with Gasteiger partial charge in [0.25, 0.3) is 10.1 Å². The third-order valence-corrected chi connectivity index (χ3v) is 6.73. The molecule has 0 N–H and O–H groups in total. The fourth-order valence-corrected chi connectivity index (χ4v) is 4.73. The first-order valence-electron chi connectivity index (χ1n) is 9.68. The molecule has 0 bridgehead atoms. The lowest BCUT2D eigenvalue weighted by Crippen LogP contribution is -2.12. The first kappa shape index (κ1) is 23.2. The van der Waals surface area contributed by atoms with E-state index < -0.39 is 45.2 Å². The van der Waals surface area contributed by atoms with Gasteiger partial charge in [-0.25, -0.2) is 8.78 Å². The van der Waals surface area contributed by atoms with E-state index in [9.17, 15) is 30.4 Å². The Bertz CT molecular complexity index is 1350. The van der Waals surface area contributed by atoms with E-state index in [1.54, 1.807) is 13.0 Å². The SMILES string of the molecule is COS(=O)(=O)c1ccc(C)cc1C1Cc2cc(C(F)(F)F)cc(-c3cc(F)ccc3F)c2O1. The van der Waals surface area contributed by atoms with Crippen LogP contribution in [-0.4, -0.2) is 15.5 Å². The summed E-state index contributed by atoms with van der Waals surface area (Å²) in [5, 5.41) is 0. The molecular weight excluding hydrogens is 467 g/mol. The molecule has 0 saturated heterocycles. The largest absolute Gasteiger partial charge is 0.484 e. The summed E-state index contributed by atoms with van der Waals surface area (Å²) in [6.45, 7) is 1.71. The van der Waals surface area contributed by atoms with Gasteiger partial charge in [0.1, 0.15) is 28.4 Å². The number of rotatable bonds is 4. The highest BCUT2D eigenvalue weighted by atomic mass is 32.2. The van der Waals surface area contributed by atoms with Gasteiger partial charge in [0.05, 0.1) is 12.7 Å². The second kappa shape index (κ2) is 8.11. The molecule has 1 heterocycles. The Morgan fingerprint density at radius 1 is 1.00 bits per heavy atom. The second-order valence-electron chi connectivity index (χ2n) is 7.61. The van der Waals surface area contributed by atoms with Gasteiger partial charge in [0, 0.05) is 23.1 Å². The highest BCUT2D eigenvalue weighted by Crippen LogP contribution is 2.48. The van der Waals surface area contributed by atoms with Crippen molar-refractivity contribution >= 4 is 10.1 Å². The van der Waals surface area contributed by atoms with Crippen LogP contribution < -0.4 is 4.74 Å². The van der Waals surface area contributed by atoms with Crippen LogP contribution in [0.5, 0.6) is 5.75 Å². The number of benzene rings is 3. The summed E-state index contributed by atoms with van der Waals surface area (Å²) >= 11 is 0. The van der Waals surface area contributed by atoms with Crippen molar-refractivity contribution in [1.29, 1.82) is 0 Å². The molecule has 3 aromatic carbocycles. The maximum atomic E-state index is 14.5. The lowest BCUT2D eigenvalue weighted by molar-refractivity contribution is -0.137. The van der Waals surface area contributed by atoms with E-state index in [0.29, 0.717) is 11.6 Å². The van der Waals surface area contributed by atoms with Crippen molar-refractivity contribution in [1.82, 2.24) is 0 Å². The molecule has 1 aliphatic rings. The van der Waals surface area contributed by atoms with Crippen LogP contribution in [0.1, 0.15) is 28.4 Å². The third-order valence-electron chi connectivity index (χ3n) is 5.38. The van der Waals surface area contributed by atoms with E-state index in [0.717, 1.165) is 31.4 Å². The van der Waals surface area contributed by atoms with Crippen LogP contribution in [0.2, 0.25) is 0 Å². The van der Waals surface area contributed by atoms with Gasteiger partial charge in [-0.1, -0.05) is 17.7 Å². The standard InChI is InChI=1S/C23H17F5O4S/c1-12-3-6-21(33(29,30)31-2)18(7-12)20-9-13-8-14(23(26,27)28)10-17(22(13)32-20)16-11-15(24)4-5-19(16)25/h3-8,10-11,20H,9H2,1-2H3. The van der Waals surface area contributed by atoms with Crippen LogP contribution in [-0.2, 0) is 26.9 Å². The Balaban J connectivity index is 1.90. The molecule has 33 heavy (non-hydrogen) atoms. The minimum atomic E-state index is -4.75. The molecule has 1 atom stereocenters. The van der Waals surface area contributed by atoms with Crippen LogP contribution in [0.15, 0.2) is 53.4 Å². The molecule has 174 valence electrons. The van der Waals surface area contributed by atoms with Gasteiger partial charge >= 0.3 is 6.18 Å². The summed E-state index contributed by atoms with van der Waals surface area (Å²) in [4.78, 5) is -0.192. The highest BCUT2D eigenvalue weighted by molar-refractivity contribution is 7.86. The Morgan fingerprint density at radius 2 is 1.73 bits per heavy atom. The van der Waals surface area contributed by atoms with Gasteiger partial charge in [0.15, 0.2) is 0 Å². The maximum absolute atomic E-state index is 14.5. The van der Waals surface area contributed by atoms with Crippen molar-refractivity contribution in [3.8, 4) is 16.9 Å². The number of fused-ring (bicyclic) bond motifs is 1. The molecule has 0 aromatic heterocycles. The number of alkyl halides is 3. The summed E-state index contributed by atoms with van der Waals surface area (Å²) in [5.74, 6) is -1.83. The molecule has 0 aliphatic carbocycles. The number of hydrogen-bond acceptors (Lipinski definition) is 4. The normalized spacial score (nSPS) is 15.9. The number of hydrogen-bond donors (Lipinski definition) is 0. The lowest BCUT2D eigenvalue weighted by Gasteiger charge is -2.17. The summed E-state index contributed by atoms with van der Waals surface area (Å²) in [7, 11) is -3.16. The molecule has 0 saturated carbocycles.